The number of aryl methyl sites for hydroxylation is 1. The van der Waals surface area contributed by atoms with E-state index in [0.717, 1.165) is 57.0 Å². The zero-order valence-corrected chi connectivity index (χ0v) is 48.9. The monoisotopic (exact) mass is 1180 g/mol. The Balaban J connectivity index is 0.948. The summed E-state index contributed by atoms with van der Waals surface area (Å²) in [5.74, 6) is -1.33. The van der Waals surface area contributed by atoms with Gasteiger partial charge in [0, 0.05) is 64.5 Å². The highest BCUT2D eigenvalue weighted by atomic mass is 32.2. The number of amides is 1. The van der Waals surface area contributed by atoms with Gasteiger partial charge in [-0.05, 0) is 142 Å². The number of aromatic amines is 1. The van der Waals surface area contributed by atoms with Crippen molar-refractivity contribution in [2.75, 3.05) is 40.5 Å². The Hall–Kier alpha value is -8.31. The third-order valence-electron chi connectivity index (χ3n) is 15.6. The van der Waals surface area contributed by atoms with Crippen LogP contribution >= 0.6 is 0 Å². The van der Waals surface area contributed by atoms with Gasteiger partial charge in [-0.2, -0.15) is 18.0 Å². The number of benzene rings is 4. The first-order valence-corrected chi connectivity index (χ1v) is 31.1. The molecule has 1 atom stereocenters. The minimum Gasteiger partial charge on any atom is -0.748 e. The fraction of sp³-hybridized carbons (Fsp3) is 0.339. The van der Waals surface area contributed by atoms with Crippen LogP contribution in [0.2, 0.25) is 0 Å². The molecule has 4 heterocycles. The van der Waals surface area contributed by atoms with Crippen molar-refractivity contribution >= 4 is 72.0 Å². The van der Waals surface area contributed by atoms with Crippen LogP contribution in [0, 0.1) is 0 Å². The van der Waals surface area contributed by atoms with Crippen LogP contribution in [0.3, 0.4) is 0 Å². The third-order valence-corrected chi connectivity index (χ3v) is 17.2. The molecule has 9 rings (SSSR count). The molecule has 3 aliphatic rings. The predicted octanol–water partition coefficient (Wildman–Crippen LogP) is 8.77. The Morgan fingerprint density at radius 2 is 1.58 bits per heavy atom. The maximum Gasteiger partial charge on any atom is 0.326 e. The van der Waals surface area contributed by atoms with Crippen LogP contribution in [0.15, 0.2) is 155 Å². The number of carbonyl (C=O) groups excluding carboxylic acids is 1. The number of carboxylic acids is 1. The van der Waals surface area contributed by atoms with Crippen molar-refractivity contribution < 1.29 is 49.9 Å². The highest BCUT2D eigenvalue weighted by Gasteiger charge is 2.44. The Kier molecular flexibility index (Phi) is 18.1. The number of carbonyl (C=O) groups is 2. The molecule has 20 nitrogen and oxygen atoms in total. The van der Waals surface area contributed by atoms with Gasteiger partial charge in [0.2, 0.25) is 11.6 Å². The first kappa shape index (κ1) is 60.3. The van der Waals surface area contributed by atoms with E-state index in [4.69, 9.17) is 10.5 Å². The second-order valence-electron chi connectivity index (χ2n) is 22.3. The second-order valence-corrected chi connectivity index (χ2v) is 25.4. The number of allylic oxidation sites excluding steroid dienone is 7. The summed E-state index contributed by atoms with van der Waals surface area (Å²) in [5.41, 5.74) is 14.9. The number of nitrogens with one attached hydrogen (secondary N) is 3. The number of rotatable bonds is 24. The summed E-state index contributed by atoms with van der Waals surface area (Å²) in [5, 5.41) is 16.1. The SMILES string of the molecule is CC1(C)C(/C=C/C2=C(Oc3ccc(CC[C@H](NC(=O)c4ccc(NCc5cnc6nc(N)[nH]c(=O)c6n5)cc4)C(=O)O)cc3)C(=C/C=C3/N(CCCCS(=O)(=O)[O-])c4ccccc4C3(C)C)/CCC2)=[N+](CCCCS(=O)(=O)O)c2ccccc21. The molecule has 2 aliphatic heterocycles. The number of hydrogen-bond donors (Lipinski definition) is 6. The number of ether oxygens (including phenoxy) is 1. The number of aromatic nitrogens is 4. The van der Waals surface area contributed by atoms with Crippen molar-refractivity contribution in [2.24, 2.45) is 0 Å². The normalized spacial score (nSPS) is 17.0. The molecule has 6 aromatic rings. The average Bonchev–Trinajstić information content (AvgIpc) is 1.76. The fourth-order valence-electron chi connectivity index (χ4n) is 11.2. The summed E-state index contributed by atoms with van der Waals surface area (Å²) in [7, 11) is -8.47. The van der Waals surface area contributed by atoms with Crippen LogP contribution < -0.4 is 31.6 Å². The van der Waals surface area contributed by atoms with E-state index in [-0.39, 0.29) is 47.8 Å². The maximum atomic E-state index is 13.4. The molecule has 0 fully saturated rings. The van der Waals surface area contributed by atoms with Gasteiger partial charge in [-0.3, -0.25) is 19.1 Å². The van der Waals surface area contributed by atoms with E-state index in [9.17, 15) is 45.4 Å². The summed E-state index contributed by atoms with van der Waals surface area (Å²) in [4.78, 5) is 55.3. The lowest BCUT2D eigenvalue weighted by molar-refractivity contribution is -0.438. The topological polar surface area (TPSA) is 303 Å². The quantitative estimate of drug-likeness (QED) is 0.0187. The molecule has 7 N–H and O–H groups in total. The molecule has 0 unspecified atom stereocenters. The minimum absolute atomic E-state index is 0.0489. The summed E-state index contributed by atoms with van der Waals surface area (Å²) < 4.78 is 76.5. The predicted molar refractivity (Wildman–Crippen MR) is 322 cm³/mol. The number of para-hydroxylation sites is 2. The Labute approximate surface area is 488 Å². The Morgan fingerprint density at radius 3 is 2.31 bits per heavy atom. The van der Waals surface area contributed by atoms with E-state index in [2.05, 4.69) is 116 Å². The molecule has 1 amide bonds. The van der Waals surface area contributed by atoms with Gasteiger partial charge in [-0.25, -0.2) is 23.2 Å². The van der Waals surface area contributed by atoms with Crippen LogP contribution in [0.1, 0.15) is 112 Å². The lowest BCUT2D eigenvalue weighted by atomic mass is 9.81. The van der Waals surface area contributed by atoms with Crippen LogP contribution in [0.4, 0.5) is 23.0 Å². The van der Waals surface area contributed by atoms with Crippen LogP contribution in [0.5, 0.6) is 5.75 Å². The number of nitrogens with two attached hydrogens (primary N) is 1. The molecule has 4 aromatic carbocycles. The lowest BCUT2D eigenvalue weighted by Crippen LogP contribution is -2.41. The van der Waals surface area contributed by atoms with Crippen LogP contribution in [0.25, 0.3) is 11.2 Å². The second kappa shape index (κ2) is 25.3. The highest BCUT2D eigenvalue weighted by Crippen LogP contribution is 2.48. The molecular weight excluding hydrogens is 1110 g/mol. The molecule has 0 bridgehead atoms. The largest absolute Gasteiger partial charge is 0.748 e. The maximum absolute atomic E-state index is 13.4. The van der Waals surface area contributed by atoms with Crippen molar-refractivity contribution in [2.45, 2.75) is 109 Å². The van der Waals surface area contributed by atoms with Gasteiger partial charge in [-0.15, -0.1) is 0 Å². The zero-order chi connectivity index (χ0) is 60.0. The number of anilines is 3. The van der Waals surface area contributed by atoms with Gasteiger partial charge in [-0.1, -0.05) is 68.5 Å². The van der Waals surface area contributed by atoms with E-state index < -0.39 is 60.3 Å². The van der Waals surface area contributed by atoms with Gasteiger partial charge in [0.1, 0.15) is 24.1 Å². The van der Waals surface area contributed by atoms with E-state index >= 15 is 0 Å². The van der Waals surface area contributed by atoms with E-state index in [0.29, 0.717) is 74.5 Å². The number of aliphatic carboxylic acids is 1. The summed E-state index contributed by atoms with van der Waals surface area (Å²) in [6, 6.07) is 29.1. The van der Waals surface area contributed by atoms with Gasteiger partial charge in [0.25, 0.3) is 21.6 Å². The van der Waals surface area contributed by atoms with Gasteiger partial charge < -0.3 is 35.7 Å². The third kappa shape index (κ3) is 14.4. The summed E-state index contributed by atoms with van der Waals surface area (Å²) in [6.45, 7) is 9.91. The van der Waals surface area contributed by atoms with Crippen molar-refractivity contribution in [3.8, 4) is 5.75 Å². The van der Waals surface area contributed by atoms with E-state index in [1.54, 1.807) is 24.3 Å². The Bertz CT molecular complexity index is 3950. The smallest absolute Gasteiger partial charge is 0.326 e. The van der Waals surface area contributed by atoms with Crippen molar-refractivity contribution in [3.63, 3.8) is 0 Å². The molecule has 0 saturated carbocycles. The van der Waals surface area contributed by atoms with Gasteiger partial charge in [0.15, 0.2) is 16.9 Å². The first-order valence-electron chi connectivity index (χ1n) is 27.9. The number of carboxylic acid groups (broad SMARTS) is 1. The van der Waals surface area contributed by atoms with Crippen LogP contribution in [-0.4, -0.2) is 104 Å². The van der Waals surface area contributed by atoms with Crippen molar-refractivity contribution in [3.05, 3.63) is 188 Å². The number of hydrogen-bond acceptors (Lipinski definition) is 15. The molecular formula is C62H69N9O11S2. The van der Waals surface area contributed by atoms with Crippen LogP contribution in [-0.2, 0) is 48.8 Å². The van der Waals surface area contributed by atoms with Crippen molar-refractivity contribution in [1.82, 2.24) is 25.3 Å². The van der Waals surface area contributed by atoms with E-state index in [1.165, 1.54) is 6.20 Å². The molecule has 22 heteroatoms. The highest BCUT2D eigenvalue weighted by molar-refractivity contribution is 7.85. The standard InChI is InChI=1S/C62H69N9O11S2/c1-61(2)47-16-5-7-18-50(47)70(34-9-11-36-83(76,77)78)52(61)32-25-41-14-13-15-42(26-33-53-62(3,4)48-17-6-8-19-51(48)71(53)35-10-12-37-84(79,80)81)55(41)82-46-29-20-40(21-30-46)22-31-49(59(74)75)67-57(72)43-23-27-44(28-24-43)64-38-45-39-65-56-54(66-45)58(73)69-60(63)68-56/h5-8,16-21,23-30,32-33,39,49H,9-15,22,31,34-38H2,1-4H3,(H7-,63,64,65,67,68,69,72,73,74,75,76,77,78,79,80,81)/t49-/m0/s1. The Morgan fingerprint density at radius 1 is 0.869 bits per heavy atom. The van der Waals surface area contributed by atoms with Gasteiger partial charge >= 0.3 is 5.97 Å². The number of unbranched alkanes of at least 4 members (excludes halogenated alkanes) is 2. The molecule has 2 aromatic heterocycles. The lowest BCUT2D eigenvalue weighted by Gasteiger charge is -2.27. The number of fused-ring (bicyclic) bond motifs is 3. The molecule has 0 radical (unpaired) electrons. The fourth-order valence-corrected chi connectivity index (χ4v) is 12.3. The first-order chi connectivity index (χ1) is 39.9. The molecule has 0 spiro atoms. The van der Waals surface area contributed by atoms with E-state index in [1.807, 2.05) is 48.5 Å². The summed E-state index contributed by atoms with van der Waals surface area (Å²) in [6.07, 6.45) is 14.1. The molecule has 1 aliphatic carbocycles. The zero-order valence-electron chi connectivity index (χ0n) is 47.3. The number of nitrogen functional groups attached to an aromatic ring is 1. The molecule has 0 saturated heterocycles. The number of H-pyrrole nitrogens is 1. The molecule has 440 valence electrons. The molecule has 84 heavy (non-hydrogen) atoms. The van der Waals surface area contributed by atoms with Gasteiger partial charge in [0.05, 0.1) is 39.7 Å². The minimum atomic E-state index is -4.36. The van der Waals surface area contributed by atoms with Crippen molar-refractivity contribution in [1.29, 1.82) is 0 Å². The average molecular weight is 1180 g/mol. The number of nitrogens with zero attached hydrogens (tertiary/aromatic N) is 5. The summed E-state index contributed by atoms with van der Waals surface area (Å²) >= 11 is 0.